The maximum atomic E-state index is 8.04. The number of nitriles is 1. The molecule has 2 aliphatic heterocycles. The summed E-state index contributed by atoms with van der Waals surface area (Å²) in [6.45, 7) is 4.24. The van der Waals surface area contributed by atoms with Crippen LogP contribution in [0.25, 0.3) is 10.8 Å². The fraction of sp³-hybridized carbons (Fsp3) is 0.500. The Balaban J connectivity index is 0.000000221. The molecular formula is C30H40ClN7O. The lowest BCUT2D eigenvalue weighted by Gasteiger charge is -2.32. The molecular weight excluding hydrogens is 510 g/mol. The highest BCUT2D eigenvalue weighted by Crippen LogP contribution is 2.36. The molecule has 3 heterocycles. The van der Waals surface area contributed by atoms with Crippen LogP contribution in [0.1, 0.15) is 43.4 Å². The van der Waals surface area contributed by atoms with E-state index in [1.54, 1.807) is 7.11 Å². The number of hydrogen-bond acceptors (Lipinski definition) is 8. The standard InChI is InChI=1S/C20H21ClN4O.C5H8N2.C5H11N/c1-24(2)19-14-10-11-25(12-16(14)22-20(23-19)26-3)17-9-5-7-13-6-4-8-15(21)18(13)17;6-4-7-5-2-1-3-5;1-6-4-2-3-5-6/h4-9H,10-12H2,1-3H3;5,7H,1-3H2;2-5H2,1H3. The summed E-state index contributed by atoms with van der Waals surface area (Å²) in [5, 5.41) is 13.7. The third-order valence-electron chi connectivity index (χ3n) is 7.51. The molecule has 0 amide bonds. The van der Waals surface area contributed by atoms with E-state index < -0.39 is 0 Å². The Kier molecular flexibility index (Phi) is 10.1. The molecule has 39 heavy (non-hydrogen) atoms. The third kappa shape index (κ3) is 7.23. The van der Waals surface area contributed by atoms with Crippen LogP contribution in [0.15, 0.2) is 36.4 Å². The molecule has 0 spiro atoms. The molecule has 1 aromatic heterocycles. The predicted octanol–water partition coefficient (Wildman–Crippen LogP) is 5.24. The van der Waals surface area contributed by atoms with E-state index in [4.69, 9.17) is 21.6 Å². The Morgan fingerprint density at radius 1 is 1.05 bits per heavy atom. The number of rotatable bonds is 4. The van der Waals surface area contributed by atoms with Crippen molar-refractivity contribution in [2.24, 2.45) is 0 Å². The molecule has 0 radical (unpaired) electrons. The molecule has 9 heteroatoms. The molecule has 6 rings (SSSR count). The van der Waals surface area contributed by atoms with E-state index in [1.165, 1.54) is 50.8 Å². The lowest BCUT2D eigenvalue weighted by molar-refractivity contribution is 0.376. The second-order valence-corrected chi connectivity index (χ2v) is 10.9. The van der Waals surface area contributed by atoms with E-state index in [0.29, 0.717) is 18.6 Å². The number of aromatic nitrogens is 2. The summed E-state index contributed by atoms with van der Waals surface area (Å²) in [6, 6.07) is 13.3. The number of halogens is 1. The summed E-state index contributed by atoms with van der Waals surface area (Å²) in [5.41, 5.74) is 3.34. The average Bonchev–Trinajstić information content (AvgIpc) is 3.41. The first-order chi connectivity index (χ1) is 18.9. The first-order valence-corrected chi connectivity index (χ1v) is 14.2. The smallest absolute Gasteiger partial charge is 0.318 e. The molecule has 1 saturated carbocycles. The normalized spacial score (nSPS) is 16.6. The summed E-state index contributed by atoms with van der Waals surface area (Å²) in [4.78, 5) is 15.9. The van der Waals surface area contributed by atoms with Gasteiger partial charge in [-0.3, -0.25) is 0 Å². The van der Waals surface area contributed by atoms with E-state index in [0.717, 1.165) is 46.0 Å². The lowest BCUT2D eigenvalue weighted by atomic mass is 9.94. The van der Waals surface area contributed by atoms with Crippen molar-refractivity contribution in [2.75, 3.05) is 57.7 Å². The van der Waals surface area contributed by atoms with E-state index in [-0.39, 0.29) is 0 Å². The monoisotopic (exact) mass is 549 g/mol. The molecule has 3 aliphatic rings. The van der Waals surface area contributed by atoms with Gasteiger partial charge in [-0.2, -0.15) is 15.2 Å². The molecule has 208 valence electrons. The number of hydrogen-bond donors (Lipinski definition) is 1. The van der Waals surface area contributed by atoms with Crippen LogP contribution >= 0.6 is 11.6 Å². The number of nitrogens with zero attached hydrogens (tertiary/aromatic N) is 6. The van der Waals surface area contributed by atoms with Gasteiger partial charge in [0.2, 0.25) is 0 Å². The van der Waals surface area contributed by atoms with Crippen LogP contribution in [0.4, 0.5) is 11.5 Å². The minimum absolute atomic E-state index is 0.408. The van der Waals surface area contributed by atoms with Gasteiger partial charge in [0.05, 0.1) is 24.4 Å². The van der Waals surface area contributed by atoms with Gasteiger partial charge >= 0.3 is 6.01 Å². The minimum atomic E-state index is 0.408. The minimum Gasteiger partial charge on any atom is -0.467 e. The van der Waals surface area contributed by atoms with Crippen LogP contribution in [0.5, 0.6) is 6.01 Å². The summed E-state index contributed by atoms with van der Waals surface area (Å²) in [6.07, 6.45) is 9.30. The van der Waals surface area contributed by atoms with Crippen molar-refractivity contribution in [1.29, 1.82) is 5.26 Å². The second-order valence-electron chi connectivity index (χ2n) is 10.5. The molecule has 8 nitrogen and oxygen atoms in total. The summed E-state index contributed by atoms with van der Waals surface area (Å²) in [7, 11) is 7.77. The van der Waals surface area contributed by atoms with Crippen molar-refractivity contribution in [3.63, 3.8) is 0 Å². The molecule has 0 atom stereocenters. The van der Waals surface area contributed by atoms with Crippen molar-refractivity contribution in [3.8, 4) is 12.2 Å². The van der Waals surface area contributed by atoms with Gasteiger partial charge in [-0.05, 0) is 76.2 Å². The topological polar surface area (TPSA) is 80.6 Å². The first kappa shape index (κ1) is 28.7. The quantitative estimate of drug-likeness (QED) is 0.349. The molecule has 1 saturated heterocycles. The fourth-order valence-electron chi connectivity index (χ4n) is 5.11. The zero-order chi connectivity index (χ0) is 27.8. The van der Waals surface area contributed by atoms with Crippen LogP contribution in [0.2, 0.25) is 5.02 Å². The Morgan fingerprint density at radius 3 is 2.31 bits per heavy atom. The van der Waals surface area contributed by atoms with Gasteiger partial charge in [0.25, 0.3) is 0 Å². The van der Waals surface area contributed by atoms with Crippen molar-refractivity contribution in [1.82, 2.24) is 20.2 Å². The Morgan fingerprint density at radius 2 is 1.77 bits per heavy atom. The fourth-order valence-corrected chi connectivity index (χ4v) is 5.39. The number of methoxy groups -OCH3 is 1. The molecule has 2 aromatic carbocycles. The predicted molar refractivity (Wildman–Crippen MR) is 160 cm³/mol. The number of nitrogens with one attached hydrogen (secondary N) is 1. The Labute approximate surface area is 237 Å². The van der Waals surface area contributed by atoms with Crippen molar-refractivity contribution in [2.45, 2.75) is 51.1 Å². The largest absolute Gasteiger partial charge is 0.467 e. The molecule has 2 fully saturated rings. The van der Waals surface area contributed by atoms with Crippen LogP contribution < -0.4 is 19.9 Å². The number of ether oxygens (including phenoxy) is 1. The van der Waals surface area contributed by atoms with Gasteiger partial charge in [-0.25, -0.2) is 0 Å². The Bertz CT molecular complexity index is 1280. The van der Waals surface area contributed by atoms with Gasteiger partial charge in [-0.15, -0.1) is 0 Å². The van der Waals surface area contributed by atoms with Crippen molar-refractivity contribution < 1.29 is 4.74 Å². The highest BCUT2D eigenvalue weighted by atomic mass is 35.5. The van der Waals surface area contributed by atoms with Gasteiger partial charge in [-0.1, -0.05) is 35.9 Å². The number of likely N-dealkylation sites (tertiary alicyclic amines) is 1. The molecule has 3 aromatic rings. The SMILES string of the molecule is CN1CCCC1.COc1nc2c(c(N(C)C)n1)CCN(c1cccc3cccc(Cl)c13)C2.N#CNC1CCC1. The van der Waals surface area contributed by atoms with Crippen molar-refractivity contribution in [3.05, 3.63) is 52.7 Å². The number of benzene rings is 2. The van der Waals surface area contributed by atoms with Gasteiger partial charge in [0.15, 0.2) is 6.19 Å². The molecule has 1 N–H and O–H groups in total. The zero-order valence-corrected chi connectivity index (χ0v) is 24.3. The molecule has 0 bridgehead atoms. The Hall–Kier alpha value is -3.28. The highest BCUT2D eigenvalue weighted by molar-refractivity contribution is 6.36. The zero-order valence-electron chi connectivity index (χ0n) is 23.6. The highest BCUT2D eigenvalue weighted by Gasteiger charge is 2.25. The van der Waals surface area contributed by atoms with E-state index >= 15 is 0 Å². The maximum absolute atomic E-state index is 8.04. The maximum Gasteiger partial charge on any atom is 0.318 e. The first-order valence-electron chi connectivity index (χ1n) is 13.8. The van der Waals surface area contributed by atoms with Crippen LogP contribution in [0, 0.1) is 11.5 Å². The molecule has 0 unspecified atom stereocenters. The van der Waals surface area contributed by atoms with E-state index in [1.807, 2.05) is 37.3 Å². The summed E-state index contributed by atoms with van der Waals surface area (Å²) >= 11 is 6.52. The van der Waals surface area contributed by atoms with E-state index in [2.05, 4.69) is 56.4 Å². The number of anilines is 2. The van der Waals surface area contributed by atoms with Gasteiger partial charge in [0, 0.05) is 43.3 Å². The van der Waals surface area contributed by atoms with Gasteiger partial charge in [0.1, 0.15) is 5.82 Å². The van der Waals surface area contributed by atoms with Crippen molar-refractivity contribution >= 4 is 33.9 Å². The number of fused-ring (bicyclic) bond motifs is 2. The third-order valence-corrected chi connectivity index (χ3v) is 7.82. The average molecular weight is 550 g/mol. The summed E-state index contributed by atoms with van der Waals surface area (Å²) < 4.78 is 5.31. The van der Waals surface area contributed by atoms with Gasteiger partial charge < -0.3 is 24.8 Å². The second kappa shape index (κ2) is 13.7. The molecule has 1 aliphatic carbocycles. The van der Waals surface area contributed by atoms with E-state index in [9.17, 15) is 0 Å². The summed E-state index contributed by atoms with van der Waals surface area (Å²) in [5.74, 6) is 0.933. The lowest BCUT2D eigenvalue weighted by Crippen LogP contribution is -2.33. The van der Waals surface area contributed by atoms with Crippen LogP contribution in [-0.2, 0) is 13.0 Å². The van der Waals surface area contributed by atoms with Crippen LogP contribution in [0.3, 0.4) is 0 Å². The van der Waals surface area contributed by atoms with Crippen LogP contribution in [-0.4, -0.2) is 68.8 Å².